The molecule has 1 aliphatic carbocycles. The van der Waals surface area contributed by atoms with Crippen LogP contribution in [0.25, 0.3) is 0 Å². The Hall–Kier alpha value is -0.0800. The Morgan fingerprint density at radius 3 is 2.76 bits per heavy atom. The van der Waals surface area contributed by atoms with Crippen LogP contribution in [0.2, 0.25) is 0 Å². The highest BCUT2D eigenvalue weighted by atomic mass is 15.2. The Morgan fingerprint density at radius 2 is 2.00 bits per heavy atom. The molecule has 100 valence electrons. The van der Waals surface area contributed by atoms with E-state index in [1.807, 2.05) is 0 Å². The van der Waals surface area contributed by atoms with Gasteiger partial charge in [-0.3, -0.25) is 4.90 Å². The molecule has 0 radical (unpaired) electrons. The van der Waals surface area contributed by atoms with Gasteiger partial charge in [-0.1, -0.05) is 26.2 Å². The molecule has 0 aromatic rings. The van der Waals surface area contributed by atoms with E-state index in [9.17, 15) is 0 Å². The van der Waals surface area contributed by atoms with Crippen molar-refractivity contribution in [3.8, 4) is 0 Å². The lowest BCUT2D eigenvalue weighted by Crippen LogP contribution is -2.53. The number of hydrogen-bond acceptors (Lipinski definition) is 2. The monoisotopic (exact) mass is 238 g/mol. The molecule has 17 heavy (non-hydrogen) atoms. The van der Waals surface area contributed by atoms with Gasteiger partial charge in [0.1, 0.15) is 0 Å². The zero-order valence-corrected chi connectivity index (χ0v) is 12.0. The lowest BCUT2D eigenvalue weighted by Gasteiger charge is -2.39. The normalized spacial score (nSPS) is 34.1. The first-order valence-corrected chi connectivity index (χ1v) is 7.64. The average molecular weight is 238 g/mol. The van der Waals surface area contributed by atoms with E-state index in [-0.39, 0.29) is 0 Å². The Bertz CT molecular complexity index is 237. The topological polar surface area (TPSA) is 15.3 Å². The Morgan fingerprint density at radius 1 is 1.24 bits per heavy atom. The van der Waals surface area contributed by atoms with Gasteiger partial charge < -0.3 is 5.32 Å². The molecular weight excluding hydrogens is 208 g/mol. The molecule has 1 aliphatic heterocycles. The summed E-state index contributed by atoms with van der Waals surface area (Å²) < 4.78 is 0. The van der Waals surface area contributed by atoms with Crippen LogP contribution in [0, 0.1) is 0 Å². The largest absolute Gasteiger partial charge is 0.307 e. The van der Waals surface area contributed by atoms with Crippen LogP contribution in [0.3, 0.4) is 0 Å². The summed E-state index contributed by atoms with van der Waals surface area (Å²) in [6.45, 7) is 9.67. The van der Waals surface area contributed by atoms with Crippen LogP contribution in [0.1, 0.15) is 65.7 Å². The summed E-state index contributed by atoms with van der Waals surface area (Å²) in [6.07, 6.45) is 9.64. The zero-order chi connectivity index (χ0) is 12.3. The van der Waals surface area contributed by atoms with Crippen LogP contribution in [-0.2, 0) is 0 Å². The van der Waals surface area contributed by atoms with Gasteiger partial charge in [0.25, 0.3) is 0 Å². The van der Waals surface area contributed by atoms with Crippen LogP contribution in [-0.4, -0.2) is 35.6 Å². The van der Waals surface area contributed by atoms with Crippen molar-refractivity contribution in [1.29, 1.82) is 0 Å². The predicted octanol–water partition coefficient (Wildman–Crippen LogP) is 3.17. The standard InChI is InChI=1S/C15H30N2/c1-4-5-11-17-12-10-15(2,3)16-13-8-6-7-9-14(13)17/h13-14,16H,4-12H2,1-3H3/t13-,14+/m1/s1. The molecule has 0 bridgehead atoms. The summed E-state index contributed by atoms with van der Waals surface area (Å²) in [5, 5.41) is 3.92. The summed E-state index contributed by atoms with van der Waals surface area (Å²) in [4.78, 5) is 2.79. The van der Waals surface area contributed by atoms with Crippen molar-refractivity contribution in [2.45, 2.75) is 83.3 Å². The molecule has 1 N–H and O–H groups in total. The van der Waals surface area contributed by atoms with Crippen LogP contribution < -0.4 is 5.32 Å². The van der Waals surface area contributed by atoms with Crippen LogP contribution >= 0.6 is 0 Å². The maximum absolute atomic E-state index is 3.92. The maximum atomic E-state index is 3.92. The quantitative estimate of drug-likeness (QED) is 0.812. The number of fused-ring (bicyclic) bond motifs is 1. The number of nitrogens with one attached hydrogen (secondary N) is 1. The summed E-state index contributed by atoms with van der Waals surface area (Å²) in [5.41, 5.74) is 0.335. The number of rotatable bonds is 3. The SMILES string of the molecule is CCCCN1CCC(C)(C)N[C@@H]2CCCC[C@@H]21. The van der Waals surface area contributed by atoms with Crippen LogP contribution in [0.5, 0.6) is 0 Å². The first kappa shape index (κ1) is 13.4. The summed E-state index contributed by atoms with van der Waals surface area (Å²) in [6, 6.07) is 1.56. The van der Waals surface area contributed by atoms with Gasteiger partial charge in [0.15, 0.2) is 0 Å². The van der Waals surface area contributed by atoms with E-state index in [2.05, 4.69) is 31.0 Å². The third kappa shape index (κ3) is 3.45. The van der Waals surface area contributed by atoms with Crippen LogP contribution in [0.15, 0.2) is 0 Å². The minimum atomic E-state index is 0.335. The molecule has 1 heterocycles. The number of nitrogens with zero attached hydrogens (tertiary/aromatic N) is 1. The molecule has 0 amide bonds. The summed E-state index contributed by atoms with van der Waals surface area (Å²) in [7, 11) is 0. The molecule has 2 atom stereocenters. The van der Waals surface area contributed by atoms with Gasteiger partial charge >= 0.3 is 0 Å². The zero-order valence-electron chi connectivity index (χ0n) is 12.0. The first-order chi connectivity index (χ1) is 8.12. The van der Waals surface area contributed by atoms with Crippen molar-refractivity contribution in [2.75, 3.05) is 13.1 Å². The van der Waals surface area contributed by atoms with Gasteiger partial charge in [0.05, 0.1) is 0 Å². The fourth-order valence-electron chi connectivity index (χ4n) is 3.52. The fraction of sp³-hybridized carbons (Fsp3) is 1.00. The first-order valence-electron chi connectivity index (χ1n) is 7.64. The van der Waals surface area contributed by atoms with E-state index < -0.39 is 0 Å². The average Bonchev–Trinajstić information content (AvgIpc) is 2.42. The van der Waals surface area contributed by atoms with Gasteiger partial charge in [-0.25, -0.2) is 0 Å². The van der Waals surface area contributed by atoms with Crippen molar-refractivity contribution < 1.29 is 0 Å². The lowest BCUT2D eigenvalue weighted by molar-refractivity contribution is 0.138. The third-order valence-corrected chi connectivity index (χ3v) is 4.60. The number of unbranched alkanes of at least 4 members (excludes halogenated alkanes) is 1. The summed E-state index contributed by atoms with van der Waals surface area (Å²) in [5.74, 6) is 0. The van der Waals surface area contributed by atoms with E-state index in [0.717, 1.165) is 12.1 Å². The minimum Gasteiger partial charge on any atom is -0.307 e. The molecule has 2 heteroatoms. The van der Waals surface area contributed by atoms with E-state index in [1.54, 1.807) is 0 Å². The van der Waals surface area contributed by atoms with Gasteiger partial charge in [-0.05, 0) is 46.1 Å². The molecular formula is C15H30N2. The van der Waals surface area contributed by atoms with E-state index in [0.29, 0.717) is 5.54 Å². The fourth-order valence-corrected chi connectivity index (χ4v) is 3.52. The van der Waals surface area contributed by atoms with Gasteiger partial charge in [-0.15, -0.1) is 0 Å². The molecule has 1 saturated heterocycles. The summed E-state index contributed by atoms with van der Waals surface area (Å²) >= 11 is 0. The minimum absolute atomic E-state index is 0.335. The molecule has 0 aromatic heterocycles. The molecule has 2 fully saturated rings. The Kier molecular flexibility index (Phi) is 4.48. The maximum Gasteiger partial charge on any atom is 0.0249 e. The highest BCUT2D eigenvalue weighted by molar-refractivity contribution is 4.96. The van der Waals surface area contributed by atoms with Gasteiger partial charge in [0, 0.05) is 24.2 Å². The Balaban J connectivity index is 2.04. The molecule has 2 rings (SSSR count). The van der Waals surface area contributed by atoms with Crippen molar-refractivity contribution >= 4 is 0 Å². The lowest BCUT2D eigenvalue weighted by atomic mass is 9.88. The predicted molar refractivity (Wildman–Crippen MR) is 74.4 cm³/mol. The molecule has 0 spiro atoms. The second-order valence-electron chi connectivity index (χ2n) is 6.63. The van der Waals surface area contributed by atoms with Gasteiger partial charge in [-0.2, -0.15) is 0 Å². The number of hydrogen-bond donors (Lipinski definition) is 1. The van der Waals surface area contributed by atoms with Crippen molar-refractivity contribution in [3.63, 3.8) is 0 Å². The Labute approximate surface area is 107 Å². The van der Waals surface area contributed by atoms with Crippen molar-refractivity contribution in [1.82, 2.24) is 10.2 Å². The van der Waals surface area contributed by atoms with E-state index in [4.69, 9.17) is 0 Å². The molecule has 0 aromatic carbocycles. The molecule has 0 unspecified atom stereocenters. The second-order valence-corrected chi connectivity index (χ2v) is 6.63. The highest BCUT2D eigenvalue weighted by Gasteiger charge is 2.36. The van der Waals surface area contributed by atoms with E-state index in [1.165, 1.54) is 58.0 Å². The second kappa shape index (κ2) is 5.71. The van der Waals surface area contributed by atoms with Gasteiger partial charge in [0.2, 0.25) is 0 Å². The molecule has 2 aliphatic rings. The van der Waals surface area contributed by atoms with Crippen LogP contribution in [0.4, 0.5) is 0 Å². The third-order valence-electron chi connectivity index (χ3n) is 4.60. The van der Waals surface area contributed by atoms with Crippen molar-refractivity contribution in [2.24, 2.45) is 0 Å². The smallest absolute Gasteiger partial charge is 0.0249 e. The van der Waals surface area contributed by atoms with E-state index >= 15 is 0 Å². The highest BCUT2D eigenvalue weighted by Crippen LogP contribution is 2.29. The molecule has 1 saturated carbocycles. The van der Waals surface area contributed by atoms with Crippen molar-refractivity contribution in [3.05, 3.63) is 0 Å². The molecule has 2 nitrogen and oxygen atoms in total.